The number of unbranched alkanes of at least 4 members (excludes halogenated alkanes) is 4. The van der Waals surface area contributed by atoms with Crippen molar-refractivity contribution >= 4 is 5.97 Å². The van der Waals surface area contributed by atoms with E-state index >= 15 is 0 Å². The first-order valence-electron chi connectivity index (χ1n) is 6.29. The van der Waals surface area contributed by atoms with Gasteiger partial charge in [0.15, 0.2) is 0 Å². The maximum Gasteiger partial charge on any atom is 0.303 e. The van der Waals surface area contributed by atoms with Crippen LogP contribution in [0.15, 0.2) is 24.3 Å². The van der Waals surface area contributed by atoms with Crippen molar-refractivity contribution in [1.29, 1.82) is 0 Å². The maximum absolute atomic E-state index is 10.2. The van der Waals surface area contributed by atoms with Crippen molar-refractivity contribution in [2.24, 2.45) is 0 Å². The van der Waals surface area contributed by atoms with Crippen molar-refractivity contribution in [3.8, 4) is 0 Å². The summed E-state index contributed by atoms with van der Waals surface area (Å²) in [5.74, 6) is -0.704. The highest BCUT2D eigenvalue weighted by atomic mass is 16.4. The van der Waals surface area contributed by atoms with E-state index in [-0.39, 0.29) is 6.42 Å². The molecule has 0 aromatic carbocycles. The van der Waals surface area contributed by atoms with E-state index in [0.29, 0.717) is 0 Å². The fraction of sp³-hybridized carbons (Fsp3) is 0.643. The molecule has 16 heavy (non-hydrogen) atoms. The van der Waals surface area contributed by atoms with Gasteiger partial charge in [-0.15, -0.1) is 0 Å². The van der Waals surface area contributed by atoms with Gasteiger partial charge in [0.2, 0.25) is 0 Å². The standard InChI is InChI=1S/C14H24O2/c1-2-3-4-5-6-7-8-9-10-11-12-13-14(15)16/h6-7,9-10H,2-5,8,11-13H2,1H3,(H,15,16)/b7-6+,10-9+. The average molecular weight is 224 g/mol. The van der Waals surface area contributed by atoms with E-state index < -0.39 is 5.97 Å². The van der Waals surface area contributed by atoms with E-state index in [4.69, 9.17) is 5.11 Å². The number of carboxylic acids is 1. The van der Waals surface area contributed by atoms with Crippen LogP contribution in [-0.2, 0) is 4.79 Å². The molecule has 0 heterocycles. The van der Waals surface area contributed by atoms with Crippen LogP contribution in [0, 0.1) is 0 Å². The number of hydrogen-bond donors (Lipinski definition) is 1. The van der Waals surface area contributed by atoms with Gasteiger partial charge in [-0.3, -0.25) is 4.79 Å². The van der Waals surface area contributed by atoms with Crippen LogP contribution in [0.4, 0.5) is 0 Å². The first-order valence-corrected chi connectivity index (χ1v) is 6.29. The summed E-state index contributed by atoms with van der Waals surface area (Å²) >= 11 is 0. The minimum atomic E-state index is -0.704. The third-order valence-electron chi connectivity index (χ3n) is 2.34. The molecule has 0 bridgehead atoms. The SMILES string of the molecule is CCCCC/C=C/C/C=C/CCCC(=O)O. The first-order chi connectivity index (χ1) is 7.77. The lowest BCUT2D eigenvalue weighted by Crippen LogP contribution is -1.92. The molecule has 0 aromatic heterocycles. The molecule has 0 aromatic rings. The summed E-state index contributed by atoms with van der Waals surface area (Å²) in [4.78, 5) is 10.2. The van der Waals surface area contributed by atoms with E-state index in [1.807, 2.05) is 0 Å². The number of allylic oxidation sites excluding steroid dienone is 4. The fourth-order valence-electron chi connectivity index (χ4n) is 1.39. The molecule has 2 nitrogen and oxygen atoms in total. The molecule has 0 spiro atoms. The Balaban J connectivity index is 3.23. The van der Waals surface area contributed by atoms with Gasteiger partial charge in [-0.1, -0.05) is 44.1 Å². The van der Waals surface area contributed by atoms with Crippen LogP contribution < -0.4 is 0 Å². The van der Waals surface area contributed by atoms with Crippen LogP contribution in [0.3, 0.4) is 0 Å². The summed E-state index contributed by atoms with van der Waals surface area (Å²) in [7, 11) is 0. The average Bonchev–Trinajstić information content (AvgIpc) is 2.25. The third-order valence-corrected chi connectivity index (χ3v) is 2.34. The molecule has 0 aliphatic carbocycles. The zero-order chi connectivity index (χ0) is 12.1. The molecule has 0 aliphatic rings. The molecule has 0 saturated heterocycles. The molecule has 92 valence electrons. The van der Waals surface area contributed by atoms with Gasteiger partial charge in [0.1, 0.15) is 0 Å². The zero-order valence-electron chi connectivity index (χ0n) is 10.3. The van der Waals surface area contributed by atoms with Crippen molar-refractivity contribution in [2.75, 3.05) is 0 Å². The van der Waals surface area contributed by atoms with Crippen molar-refractivity contribution in [1.82, 2.24) is 0 Å². The summed E-state index contributed by atoms with van der Waals surface area (Å²) in [6.45, 7) is 2.21. The van der Waals surface area contributed by atoms with Gasteiger partial charge >= 0.3 is 5.97 Å². The van der Waals surface area contributed by atoms with Gasteiger partial charge in [0.05, 0.1) is 0 Å². The second kappa shape index (κ2) is 12.0. The molecule has 2 heteroatoms. The second-order valence-corrected chi connectivity index (χ2v) is 3.96. The lowest BCUT2D eigenvalue weighted by atomic mass is 10.2. The molecule has 0 aliphatic heterocycles. The van der Waals surface area contributed by atoms with E-state index in [0.717, 1.165) is 19.3 Å². The molecule has 0 fully saturated rings. The Bertz CT molecular complexity index is 217. The van der Waals surface area contributed by atoms with Crippen molar-refractivity contribution in [2.45, 2.75) is 58.3 Å². The third kappa shape index (κ3) is 12.9. The number of carbonyl (C=O) groups is 1. The minimum absolute atomic E-state index is 0.275. The van der Waals surface area contributed by atoms with E-state index in [1.165, 1.54) is 25.7 Å². The molecule has 0 saturated carbocycles. The van der Waals surface area contributed by atoms with Crippen molar-refractivity contribution in [3.05, 3.63) is 24.3 Å². The highest BCUT2D eigenvalue weighted by Crippen LogP contribution is 2.01. The lowest BCUT2D eigenvalue weighted by molar-refractivity contribution is -0.137. The Morgan fingerprint density at radius 3 is 2.19 bits per heavy atom. The van der Waals surface area contributed by atoms with Gasteiger partial charge < -0.3 is 5.11 Å². The quantitative estimate of drug-likeness (QED) is 0.443. The number of rotatable bonds is 10. The summed E-state index contributed by atoms with van der Waals surface area (Å²) < 4.78 is 0. The molecule has 0 amide bonds. The van der Waals surface area contributed by atoms with Gasteiger partial charge in [-0.05, 0) is 32.1 Å². The Labute approximate surface area is 99.1 Å². The van der Waals surface area contributed by atoms with Crippen LogP contribution in [0.5, 0.6) is 0 Å². The molecule has 1 N–H and O–H groups in total. The topological polar surface area (TPSA) is 37.3 Å². The monoisotopic (exact) mass is 224 g/mol. The molecular formula is C14H24O2. The molecule has 0 atom stereocenters. The van der Waals surface area contributed by atoms with Crippen LogP contribution in [-0.4, -0.2) is 11.1 Å². The Hall–Kier alpha value is -1.05. The van der Waals surface area contributed by atoms with E-state index in [1.54, 1.807) is 0 Å². The largest absolute Gasteiger partial charge is 0.481 e. The molecular weight excluding hydrogens is 200 g/mol. The summed E-state index contributed by atoms with van der Waals surface area (Å²) in [5, 5.41) is 8.42. The predicted molar refractivity (Wildman–Crippen MR) is 68.5 cm³/mol. The van der Waals surface area contributed by atoms with Crippen LogP contribution in [0.25, 0.3) is 0 Å². The van der Waals surface area contributed by atoms with Crippen LogP contribution >= 0.6 is 0 Å². The summed E-state index contributed by atoms with van der Waals surface area (Å²) in [6, 6.07) is 0. The predicted octanol–water partition coefficient (Wildman–Crippen LogP) is 4.32. The number of carboxylic acid groups (broad SMARTS) is 1. The highest BCUT2D eigenvalue weighted by molar-refractivity contribution is 5.66. The summed E-state index contributed by atoms with van der Waals surface area (Å²) in [6.07, 6.45) is 16.5. The second-order valence-electron chi connectivity index (χ2n) is 3.96. The molecule has 0 rings (SSSR count). The Morgan fingerprint density at radius 2 is 1.62 bits per heavy atom. The van der Waals surface area contributed by atoms with Crippen LogP contribution in [0.2, 0.25) is 0 Å². The van der Waals surface area contributed by atoms with Gasteiger partial charge in [-0.25, -0.2) is 0 Å². The van der Waals surface area contributed by atoms with Gasteiger partial charge in [-0.2, -0.15) is 0 Å². The number of hydrogen-bond acceptors (Lipinski definition) is 1. The number of aliphatic carboxylic acids is 1. The highest BCUT2D eigenvalue weighted by Gasteiger charge is 1.92. The van der Waals surface area contributed by atoms with E-state index in [9.17, 15) is 4.79 Å². The Morgan fingerprint density at radius 1 is 1.00 bits per heavy atom. The fourth-order valence-corrected chi connectivity index (χ4v) is 1.39. The Kier molecular flexibility index (Phi) is 11.2. The zero-order valence-corrected chi connectivity index (χ0v) is 10.3. The molecule has 0 radical (unpaired) electrons. The van der Waals surface area contributed by atoms with Gasteiger partial charge in [0, 0.05) is 6.42 Å². The molecule has 0 unspecified atom stereocenters. The van der Waals surface area contributed by atoms with Crippen LogP contribution in [0.1, 0.15) is 58.3 Å². The summed E-state index contributed by atoms with van der Waals surface area (Å²) in [5.41, 5.74) is 0. The van der Waals surface area contributed by atoms with Crippen molar-refractivity contribution in [3.63, 3.8) is 0 Å². The van der Waals surface area contributed by atoms with Crippen molar-refractivity contribution < 1.29 is 9.90 Å². The smallest absolute Gasteiger partial charge is 0.303 e. The van der Waals surface area contributed by atoms with Gasteiger partial charge in [0.25, 0.3) is 0 Å². The first kappa shape index (κ1) is 14.9. The normalized spacial score (nSPS) is 11.6. The minimum Gasteiger partial charge on any atom is -0.481 e. The van der Waals surface area contributed by atoms with E-state index in [2.05, 4.69) is 31.2 Å². The lowest BCUT2D eigenvalue weighted by Gasteiger charge is -1.91. The maximum atomic E-state index is 10.2.